The number of carbonyl (C=O) groups is 1. The third kappa shape index (κ3) is 1.81. The van der Waals surface area contributed by atoms with Gasteiger partial charge in [-0.2, -0.15) is 0 Å². The molecule has 0 saturated carbocycles. The lowest BCUT2D eigenvalue weighted by molar-refractivity contribution is 0.0850. The number of ketones is 1. The molecule has 3 heteroatoms. The molecule has 0 aromatic heterocycles. The molecule has 0 amide bonds. The Labute approximate surface area is 123 Å². The molecule has 1 heterocycles. The fourth-order valence-corrected chi connectivity index (χ4v) is 3.28. The monoisotopic (exact) mass is 280 g/mol. The fourth-order valence-electron chi connectivity index (χ4n) is 3.28. The van der Waals surface area contributed by atoms with Crippen LogP contribution >= 0.6 is 0 Å². The average Bonchev–Trinajstić information content (AvgIpc) is 3.27. The average molecular weight is 280 g/mol. The van der Waals surface area contributed by atoms with Crippen molar-refractivity contribution in [1.82, 2.24) is 0 Å². The van der Waals surface area contributed by atoms with E-state index in [1.807, 2.05) is 48.5 Å². The first-order valence-corrected chi connectivity index (χ1v) is 7.19. The third-order valence-electron chi connectivity index (χ3n) is 4.53. The quantitative estimate of drug-likeness (QED) is 0.792. The maximum absolute atomic E-state index is 12.8. The number of epoxide rings is 1. The molecule has 106 valence electrons. The molecular formula is C18H16O3. The predicted octanol–water partition coefficient (Wildman–Crippen LogP) is 3.33. The van der Waals surface area contributed by atoms with E-state index in [2.05, 4.69) is 0 Å². The fraction of sp³-hybridized carbons (Fsp3) is 0.278. The second kappa shape index (κ2) is 4.43. The first kappa shape index (κ1) is 12.6. The number of ether oxygens (including phenoxy) is 2. The van der Waals surface area contributed by atoms with Gasteiger partial charge in [0.15, 0.2) is 11.4 Å². The van der Waals surface area contributed by atoms with Gasteiger partial charge in [-0.05, 0) is 36.1 Å². The van der Waals surface area contributed by atoms with Crippen molar-refractivity contribution >= 4 is 5.78 Å². The molecule has 1 spiro atoms. The number of methoxy groups -OCH3 is 1. The summed E-state index contributed by atoms with van der Waals surface area (Å²) in [6.45, 7) is 0. The molecule has 0 radical (unpaired) electrons. The zero-order chi connectivity index (χ0) is 14.4. The summed E-state index contributed by atoms with van der Waals surface area (Å²) >= 11 is 0. The van der Waals surface area contributed by atoms with Crippen molar-refractivity contribution in [3.63, 3.8) is 0 Å². The minimum absolute atomic E-state index is 0.121. The van der Waals surface area contributed by atoms with Gasteiger partial charge in [-0.3, -0.25) is 4.79 Å². The lowest BCUT2D eigenvalue weighted by atomic mass is 9.79. The van der Waals surface area contributed by atoms with Crippen LogP contribution in [0.1, 0.15) is 34.0 Å². The van der Waals surface area contributed by atoms with Crippen molar-refractivity contribution in [1.29, 1.82) is 0 Å². The van der Waals surface area contributed by atoms with Crippen molar-refractivity contribution < 1.29 is 14.3 Å². The summed E-state index contributed by atoms with van der Waals surface area (Å²) in [5, 5.41) is 0. The highest BCUT2D eigenvalue weighted by Crippen LogP contribution is 2.56. The van der Waals surface area contributed by atoms with Gasteiger partial charge in [-0.15, -0.1) is 0 Å². The first-order chi connectivity index (χ1) is 10.2. The molecule has 21 heavy (non-hydrogen) atoms. The zero-order valence-corrected chi connectivity index (χ0v) is 11.8. The van der Waals surface area contributed by atoms with E-state index in [4.69, 9.17) is 9.47 Å². The molecule has 2 aromatic carbocycles. The Morgan fingerprint density at radius 3 is 2.67 bits per heavy atom. The second-order valence-corrected chi connectivity index (χ2v) is 5.65. The van der Waals surface area contributed by atoms with E-state index in [0.29, 0.717) is 0 Å². The van der Waals surface area contributed by atoms with Crippen molar-refractivity contribution in [2.45, 2.75) is 24.5 Å². The van der Waals surface area contributed by atoms with Crippen LogP contribution in [0.15, 0.2) is 48.5 Å². The summed E-state index contributed by atoms with van der Waals surface area (Å²) in [5.41, 5.74) is 2.36. The van der Waals surface area contributed by atoms with E-state index in [0.717, 1.165) is 35.3 Å². The number of hydrogen-bond acceptors (Lipinski definition) is 3. The Morgan fingerprint density at radius 1 is 1.14 bits per heavy atom. The summed E-state index contributed by atoms with van der Waals surface area (Å²) in [6, 6.07) is 15.6. The smallest absolute Gasteiger partial charge is 0.198 e. The van der Waals surface area contributed by atoms with E-state index < -0.39 is 5.60 Å². The van der Waals surface area contributed by atoms with E-state index in [1.54, 1.807) is 7.11 Å². The Bertz CT molecular complexity index is 705. The number of carbonyl (C=O) groups excluding carboxylic acids is 1. The van der Waals surface area contributed by atoms with Gasteiger partial charge in [-0.25, -0.2) is 0 Å². The molecule has 1 aliphatic heterocycles. The molecule has 1 aliphatic carbocycles. The van der Waals surface area contributed by atoms with E-state index in [9.17, 15) is 4.79 Å². The highest BCUT2D eigenvalue weighted by molar-refractivity contribution is 6.07. The molecule has 0 unspecified atom stereocenters. The summed E-state index contributed by atoms with van der Waals surface area (Å²) < 4.78 is 11.0. The minimum Gasteiger partial charge on any atom is -0.497 e. The number of rotatable bonds is 2. The molecule has 4 rings (SSSR count). The molecular weight excluding hydrogens is 264 g/mol. The van der Waals surface area contributed by atoms with Crippen LogP contribution in [0.2, 0.25) is 0 Å². The van der Waals surface area contributed by atoms with Crippen molar-refractivity contribution in [2.24, 2.45) is 0 Å². The Kier molecular flexibility index (Phi) is 2.66. The van der Waals surface area contributed by atoms with Crippen LogP contribution in [0.3, 0.4) is 0 Å². The van der Waals surface area contributed by atoms with Crippen LogP contribution in [-0.4, -0.2) is 18.5 Å². The van der Waals surface area contributed by atoms with Crippen molar-refractivity contribution in [3.8, 4) is 5.75 Å². The summed E-state index contributed by atoms with van der Waals surface area (Å²) in [4.78, 5) is 12.8. The van der Waals surface area contributed by atoms with Crippen molar-refractivity contribution in [3.05, 3.63) is 65.2 Å². The van der Waals surface area contributed by atoms with Gasteiger partial charge in [-0.1, -0.05) is 36.4 Å². The molecule has 2 aromatic rings. The van der Waals surface area contributed by atoms with Crippen LogP contribution in [0.5, 0.6) is 5.75 Å². The topological polar surface area (TPSA) is 38.8 Å². The predicted molar refractivity (Wildman–Crippen MR) is 78.6 cm³/mol. The molecule has 1 fully saturated rings. The van der Waals surface area contributed by atoms with Crippen LogP contribution in [0.25, 0.3) is 0 Å². The van der Waals surface area contributed by atoms with Crippen LogP contribution in [0.4, 0.5) is 0 Å². The Morgan fingerprint density at radius 2 is 1.90 bits per heavy atom. The Balaban J connectivity index is 1.64. The molecule has 1 saturated heterocycles. The SMILES string of the molecule is COc1ccc([C@@H]2O[C@@]23CCc2ccccc2C3=O)cc1. The molecule has 3 nitrogen and oxygen atoms in total. The highest BCUT2D eigenvalue weighted by Gasteiger charge is 2.63. The van der Waals surface area contributed by atoms with Crippen LogP contribution < -0.4 is 4.74 Å². The maximum atomic E-state index is 12.8. The number of hydrogen-bond donors (Lipinski definition) is 0. The molecule has 2 aliphatic rings. The highest BCUT2D eigenvalue weighted by atomic mass is 16.6. The van der Waals surface area contributed by atoms with Crippen molar-refractivity contribution in [2.75, 3.05) is 7.11 Å². The minimum atomic E-state index is -0.636. The summed E-state index contributed by atoms with van der Waals surface area (Å²) in [7, 11) is 1.64. The molecule has 2 atom stereocenters. The largest absolute Gasteiger partial charge is 0.497 e. The second-order valence-electron chi connectivity index (χ2n) is 5.65. The van der Waals surface area contributed by atoms with Gasteiger partial charge in [0.05, 0.1) is 7.11 Å². The van der Waals surface area contributed by atoms with Gasteiger partial charge in [0.2, 0.25) is 0 Å². The number of benzene rings is 2. The lowest BCUT2D eigenvalue weighted by Gasteiger charge is -2.20. The summed E-state index contributed by atoms with van der Waals surface area (Å²) in [6.07, 6.45) is 1.54. The standard InChI is InChI=1S/C18H16O3/c1-20-14-8-6-13(7-9-14)17-18(21-17)11-10-12-4-2-3-5-15(12)16(18)19/h2-9,17H,10-11H2,1H3/t17-,18+/m0/s1. The van der Waals surface area contributed by atoms with Crippen LogP contribution in [-0.2, 0) is 11.2 Å². The molecule has 0 bridgehead atoms. The van der Waals surface area contributed by atoms with Gasteiger partial charge in [0, 0.05) is 5.56 Å². The maximum Gasteiger partial charge on any atom is 0.198 e. The van der Waals surface area contributed by atoms with Gasteiger partial charge < -0.3 is 9.47 Å². The lowest BCUT2D eigenvalue weighted by Crippen LogP contribution is -2.31. The number of fused-ring (bicyclic) bond motifs is 1. The normalized spacial score (nSPS) is 26.5. The summed E-state index contributed by atoms with van der Waals surface area (Å²) in [5.74, 6) is 0.943. The van der Waals surface area contributed by atoms with Gasteiger partial charge in [0.25, 0.3) is 0 Å². The first-order valence-electron chi connectivity index (χ1n) is 7.19. The van der Waals surface area contributed by atoms with E-state index in [1.165, 1.54) is 0 Å². The molecule has 0 N–H and O–H groups in total. The zero-order valence-electron chi connectivity index (χ0n) is 11.8. The van der Waals surface area contributed by atoms with Gasteiger partial charge in [0.1, 0.15) is 11.9 Å². The van der Waals surface area contributed by atoms with Gasteiger partial charge >= 0.3 is 0 Å². The van der Waals surface area contributed by atoms with Crippen LogP contribution in [0, 0.1) is 0 Å². The third-order valence-corrected chi connectivity index (χ3v) is 4.53. The van der Waals surface area contributed by atoms with E-state index in [-0.39, 0.29) is 11.9 Å². The number of aryl methyl sites for hydroxylation is 1. The number of Topliss-reactive ketones (excluding diaryl/α,β-unsaturated/α-hetero) is 1. The van der Waals surface area contributed by atoms with E-state index >= 15 is 0 Å². The Hall–Kier alpha value is -2.13.